The van der Waals surface area contributed by atoms with Crippen molar-refractivity contribution in [3.8, 4) is 6.07 Å². The molecule has 1 aromatic heterocycles. The Balaban J connectivity index is 2.02. The summed E-state index contributed by atoms with van der Waals surface area (Å²) in [7, 11) is 1.43. The van der Waals surface area contributed by atoms with Crippen LogP contribution < -0.4 is 4.90 Å². The second-order valence-corrected chi connectivity index (χ2v) is 5.46. The second kappa shape index (κ2) is 6.02. The Hall–Kier alpha value is -2.61. The monoisotopic (exact) mass is 295 g/mol. The molecular weight excluding hydrogens is 278 g/mol. The van der Waals surface area contributed by atoms with Gasteiger partial charge < -0.3 is 9.64 Å². The van der Waals surface area contributed by atoms with Crippen LogP contribution in [0.1, 0.15) is 18.5 Å². The number of carbonyl (C=O) groups excluding carboxylic acids is 1. The van der Waals surface area contributed by atoms with Gasteiger partial charge in [0.25, 0.3) is 0 Å². The van der Waals surface area contributed by atoms with Gasteiger partial charge in [-0.15, -0.1) is 0 Å². The standard InChI is InChI=1S/C17H17N3O2/c1-22-17(21)12-5-4-8-20(11-12)16-9-13(10-18)19-15-7-3-2-6-14(15)16/h2-3,6-7,9,12H,4-5,8,11H2,1H3/t12-/m0/s1. The summed E-state index contributed by atoms with van der Waals surface area (Å²) in [6, 6.07) is 11.7. The summed E-state index contributed by atoms with van der Waals surface area (Å²) >= 11 is 0. The van der Waals surface area contributed by atoms with Crippen LogP contribution in [0.25, 0.3) is 10.9 Å². The predicted molar refractivity (Wildman–Crippen MR) is 83.4 cm³/mol. The van der Waals surface area contributed by atoms with E-state index in [9.17, 15) is 10.1 Å². The lowest BCUT2D eigenvalue weighted by atomic mass is 9.97. The number of ether oxygens (including phenoxy) is 1. The number of rotatable bonds is 2. The average molecular weight is 295 g/mol. The number of benzene rings is 1. The molecule has 0 N–H and O–H groups in total. The summed E-state index contributed by atoms with van der Waals surface area (Å²) in [5.74, 6) is -0.278. The van der Waals surface area contributed by atoms with E-state index in [0.717, 1.165) is 36.0 Å². The van der Waals surface area contributed by atoms with Gasteiger partial charge in [-0.25, -0.2) is 4.98 Å². The molecule has 0 amide bonds. The van der Waals surface area contributed by atoms with Crippen molar-refractivity contribution in [2.75, 3.05) is 25.1 Å². The minimum Gasteiger partial charge on any atom is -0.469 e. The van der Waals surface area contributed by atoms with Gasteiger partial charge >= 0.3 is 5.97 Å². The Kier molecular flexibility index (Phi) is 3.92. The number of methoxy groups -OCH3 is 1. The SMILES string of the molecule is COC(=O)[C@H]1CCCN(c2cc(C#N)nc3ccccc23)C1. The van der Waals surface area contributed by atoms with Crippen molar-refractivity contribution in [1.29, 1.82) is 5.26 Å². The molecule has 3 rings (SSSR count). The Bertz CT molecular complexity index is 751. The number of pyridine rings is 1. The summed E-state index contributed by atoms with van der Waals surface area (Å²) in [4.78, 5) is 18.3. The van der Waals surface area contributed by atoms with Gasteiger partial charge in [-0.2, -0.15) is 5.26 Å². The maximum Gasteiger partial charge on any atom is 0.310 e. The van der Waals surface area contributed by atoms with Crippen LogP contribution in [0.15, 0.2) is 30.3 Å². The molecule has 1 saturated heterocycles. The van der Waals surface area contributed by atoms with Crippen LogP contribution in [-0.2, 0) is 9.53 Å². The van der Waals surface area contributed by atoms with E-state index < -0.39 is 0 Å². The molecule has 0 saturated carbocycles. The summed E-state index contributed by atoms with van der Waals surface area (Å²) in [6.45, 7) is 1.48. The number of fused-ring (bicyclic) bond motifs is 1. The molecule has 0 radical (unpaired) electrons. The number of nitriles is 1. The van der Waals surface area contributed by atoms with Crippen LogP contribution >= 0.6 is 0 Å². The number of aromatic nitrogens is 1. The van der Waals surface area contributed by atoms with E-state index in [0.29, 0.717) is 12.2 Å². The molecule has 2 aromatic rings. The van der Waals surface area contributed by atoms with Gasteiger partial charge in [0.15, 0.2) is 0 Å². The van der Waals surface area contributed by atoms with Crippen molar-refractivity contribution in [1.82, 2.24) is 4.98 Å². The van der Waals surface area contributed by atoms with Crippen molar-refractivity contribution in [2.24, 2.45) is 5.92 Å². The average Bonchev–Trinajstić information content (AvgIpc) is 2.60. The molecule has 0 spiro atoms. The number of nitrogens with zero attached hydrogens (tertiary/aromatic N) is 3. The van der Waals surface area contributed by atoms with Crippen LogP contribution in [0.2, 0.25) is 0 Å². The number of anilines is 1. The van der Waals surface area contributed by atoms with E-state index in [1.807, 2.05) is 30.3 Å². The predicted octanol–water partition coefficient (Wildman–Crippen LogP) is 2.50. The quantitative estimate of drug-likeness (QED) is 0.796. The van der Waals surface area contributed by atoms with Gasteiger partial charge in [0.1, 0.15) is 11.8 Å². The highest BCUT2D eigenvalue weighted by Crippen LogP contribution is 2.30. The van der Waals surface area contributed by atoms with Gasteiger partial charge in [0, 0.05) is 24.2 Å². The number of piperidine rings is 1. The fraction of sp³-hybridized carbons (Fsp3) is 0.353. The third-order valence-electron chi connectivity index (χ3n) is 4.11. The number of para-hydroxylation sites is 1. The molecule has 1 atom stereocenters. The lowest BCUT2D eigenvalue weighted by Crippen LogP contribution is -2.39. The van der Waals surface area contributed by atoms with E-state index in [2.05, 4.69) is 16.0 Å². The largest absolute Gasteiger partial charge is 0.469 e. The first-order valence-corrected chi connectivity index (χ1v) is 7.35. The van der Waals surface area contributed by atoms with E-state index >= 15 is 0 Å². The first kappa shape index (κ1) is 14.3. The summed E-state index contributed by atoms with van der Waals surface area (Å²) in [5.41, 5.74) is 2.17. The summed E-state index contributed by atoms with van der Waals surface area (Å²) in [5, 5.41) is 10.2. The molecule has 0 aliphatic carbocycles. The first-order valence-electron chi connectivity index (χ1n) is 7.35. The normalized spacial score (nSPS) is 18.0. The first-order chi connectivity index (χ1) is 10.7. The van der Waals surface area contributed by atoms with E-state index in [1.54, 1.807) is 0 Å². The van der Waals surface area contributed by atoms with Gasteiger partial charge in [0.05, 0.1) is 18.5 Å². The van der Waals surface area contributed by atoms with Crippen molar-refractivity contribution >= 4 is 22.6 Å². The molecule has 0 bridgehead atoms. The minimum absolute atomic E-state index is 0.115. The highest BCUT2D eigenvalue weighted by atomic mass is 16.5. The van der Waals surface area contributed by atoms with Crippen LogP contribution in [0.5, 0.6) is 0 Å². The summed E-state index contributed by atoms with van der Waals surface area (Å²) in [6.07, 6.45) is 1.77. The van der Waals surface area contributed by atoms with Crippen LogP contribution in [-0.4, -0.2) is 31.2 Å². The van der Waals surface area contributed by atoms with Gasteiger partial charge in [-0.05, 0) is 25.0 Å². The lowest BCUT2D eigenvalue weighted by Gasteiger charge is -2.33. The van der Waals surface area contributed by atoms with E-state index in [-0.39, 0.29) is 11.9 Å². The summed E-state index contributed by atoms with van der Waals surface area (Å²) < 4.78 is 4.88. The maximum absolute atomic E-state index is 11.8. The maximum atomic E-state index is 11.8. The van der Waals surface area contributed by atoms with E-state index in [4.69, 9.17) is 4.74 Å². The lowest BCUT2D eigenvalue weighted by molar-refractivity contribution is -0.145. The number of carbonyl (C=O) groups is 1. The van der Waals surface area contributed by atoms with Gasteiger partial charge in [-0.1, -0.05) is 18.2 Å². The third-order valence-corrected chi connectivity index (χ3v) is 4.11. The van der Waals surface area contributed by atoms with E-state index in [1.165, 1.54) is 7.11 Å². The zero-order valence-corrected chi connectivity index (χ0v) is 12.5. The molecule has 0 unspecified atom stereocenters. The van der Waals surface area contributed by atoms with Gasteiger partial charge in [-0.3, -0.25) is 4.79 Å². The Morgan fingerprint density at radius 1 is 1.45 bits per heavy atom. The Labute approximate surface area is 129 Å². The fourth-order valence-electron chi connectivity index (χ4n) is 3.03. The third kappa shape index (κ3) is 2.60. The molecule has 2 heterocycles. The number of hydrogen-bond acceptors (Lipinski definition) is 5. The Morgan fingerprint density at radius 3 is 3.05 bits per heavy atom. The molecule has 1 aromatic carbocycles. The molecule has 22 heavy (non-hydrogen) atoms. The second-order valence-electron chi connectivity index (χ2n) is 5.46. The van der Waals surface area contributed by atoms with Crippen LogP contribution in [0, 0.1) is 17.2 Å². The highest BCUT2D eigenvalue weighted by Gasteiger charge is 2.27. The zero-order chi connectivity index (χ0) is 15.5. The molecule has 1 aliphatic rings. The molecule has 112 valence electrons. The minimum atomic E-state index is -0.163. The molecule has 5 nitrogen and oxygen atoms in total. The molecule has 1 aliphatic heterocycles. The van der Waals surface area contributed by atoms with Gasteiger partial charge in [0.2, 0.25) is 0 Å². The van der Waals surface area contributed by atoms with Crippen molar-refractivity contribution < 1.29 is 9.53 Å². The van der Waals surface area contributed by atoms with Crippen molar-refractivity contribution in [3.05, 3.63) is 36.0 Å². The zero-order valence-electron chi connectivity index (χ0n) is 12.5. The van der Waals surface area contributed by atoms with Crippen LogP contribution in [0.4, 0.5) is 5.69 Å². The molecular formula is C17H17N3O2. The molecule has 1 fully saturated rings. The topological polar surface area (TPSA) is 66.2 Å². The smallest absolute Gasteiger partial charge is 0.310 e. The fourth-order valence-corrected chi connectivity index (χ4v) is 3.03. The van der Waals surface area contributed by atoms with Crippen LogP contribution in [0.3, 0.4) is 0 Å². The van der Waals surface area contributed by atoms with Crippen molar-refractivity contribution in [3.63, 3.8) is 0 Å². The molecule has 5 heteroatoms. The highest BCUT2D eigenvalue weighted by molar-refractivity contribution is 5.92. The Morgan fingerprint density at radius 2 is 2.27 bits per heavy atom. The van der Waals surface area contributed by atoms with Crippen molar-refractivity contribution in [2.45, 2.75) is 12.8 Å². The number of esters is 1. The number of hydrogen-bond donors (Lipinski definition) is 0.